The molecule has 0 spiro atoms. The average molecular weight is 585 g/mol. The standard InChI is InChI=1S/C25H45IO7/c1-4-6-8-10-12-13-15-20(23(27)28)19(3)17-21(24(29)30)22(33-25(31)32-18-26)16-14-11-9-7-5-2/h19-22H,4-18H2,1-3H3,(H,27,28)(H,29,30)/t19?,20-,21?,22?/m1/s1. The maximum Gasteiger partial charge on any atom is 0.509 e. The minimum atomic E-state index is -1.06. The van der Waals surface area contributed by atoms with E-state index in [1.54, 1.807) is 6.92 Å². The van der Waals surface area contributed by atoms with Crippen molar-refractivity contribution in [3.05, 3.63) is 0 Å². The van der Waals surface area contributed by atoms with Crippen molar-refractivity contribution in [2.45, 2.75) is 117 Å². The second kappa shape index (κ2) is 20.3. The summed E-state index contributed by atoms with van der Waals surface area (Å²) in [6.07, 6.45) is 10.8. The first-order chi connectivity index (χ1) is 15.8. The number of hydrogen-bond acceptors (Lipinski definition) is 5. The number of carboxylic acids is 2. The first-order valence-electron chi connectivity index (χ1n) is 12.6. The van der Waals surface area contributed by atoms with Crippen molar-refractivity contribution in [3.63, 3.8) is 0 Å². The van der Waals surface area contributed by atoms with Crippen molar-refractivity contribution in [1.29, 1.82) is 0 Å². The van der Waals surface area contributed by atoms with Gasteiger partial charge in [-0.05, 0) is 54.2 Å². The summed E-state index contributed by atoms with van der Waals surface area (Å²) >= 11 is 1.88. The van der Waals surface area contributed by atoms with Crippen molar-refractivity contribution >= 4 is 40.7 Å². The fraction of sp³-hybridized carbons (Fsp3) is 0.880. The highest BCUT2D eigenvalue weighted by atomic mass is 127. The third-order valence-electron chi connectivity index (χ3n) is 6.28. The Morgan fingerprint density at radius 3 is 1.73 bits per heavy atom. The summed E-state index contributed by atoms with van der Waals surface area (Å²) in [7, 11) is 0. The van der Waals surface area contributed by atoms with Crippen molar-refractivity contribution in [1.82, 2.24) is 0 Å². The Kier molecular flexibility index (Phi) is 19.7. The van der Waals surface area contributed by atoms with Crippen molar-refractivity contribution in [3.8, 4) is 0 Å². The molecule has 0 aromatic heterocycles. The lowest BCUT2D eigenvalue weighted by atomic mass is 9.80. The van der Waals surface area contributed by atoms with E-state index in [9.17, 15) is 24.6 Å². The number of halogens is 1. The SMILES string of the molecule is CCCCCCCC[C@@H](C(=O)O)C(C)CC(C(=O)O)C(CCCCCCC)OC(=O)OCI. The van der Waals surface area contributed by atoms with E-state index in [1.165, 1.54) is 12.8 Å². The predicted molar refractivity (Wildman–Crippen MR) is 138 cm³/mol. The van der Waals surface area contributed by atoms with Gasteiger partial charge in [0.25, 0.3) is 0 Å². The highest BCUT2D eigenvalue weighted by molar-refractivity contribution is 14.1. The fourth-order valence-electron chi connectivity index (χ4n) is 4.27. The van der Waals surface area contributed by atoms with Crippen LogP contribution in [0, 0.1) is 17.8 Å². The van der Waals surface area contributed by atoms with Gasteiger partial charge in [0.2, 0.25) is 0 Å². The molecule has 0 aliphatic heterocycles. The lowest BCUT2D eigenvalue weighted by Gasteiger charge is -2.28. The van der Waals surface area contributed by atoms with Gasteiger partial charge in [0.15, 0.2) is 0 Å². The minimum absolute atomic E-state index is 0.118. The van der Waals surface area contributed by atoms with Crippen LogP contribution in [0.4, 0.5) is 4.79 Å². The maximum atomic E-state index is 12.1. The molecular formula is C25H45IO7. The Morgan fingerprint density at radius 2 is 1.24 bits per heavy atom. The second-order valence-electron chi connectivity index (χ2n) is 9.02. The molecule has 0 amide bonds. The van der Waals surface area contributed by atoms with Gasteiger partial charge in [-0.3, -0.25) is 9.59 Å². The number of hydrogen-bond donors (Lipinski definition) is 2. The molecule has 7 nitrogen and oxygen atoms in total. The molecule has 0 saturated heterocycles. The summed E-state index contributed by atoms with van der Waals surface area (Å²) in [5, 5.41) is 19.7. The number of carbonyl (C=O) groups excluding carboxylic acids is 1. The number of carbonyl (C=O) groups is 3. The zero-order valence-electron chi connectivity index (χ0n) is 20.7. The van der Waals surface area contributed by atoms with Gasteiger partial charge in [-0.1, -0.05) is 85.0 Å². The minimum Gasteiger partial charge on any atom is -0.481 e. The van der Waals surface area contributed by atoms with E-state index in [0.29, 0.717) is 12.8 Å². The molecule has 0 saturated carbocycles. The van der Waals surface area contributed by atoms with Crippen molar-refractivity contribution < 1.29 is 34.1 Å². The van der Waals surface area contributed by atoms with Gasteiger partial charge in [0, 0.05) is 0 Å². The van der Waals surface area contributed by atoms with Gasteiger partial charge >= 0.3 is 18.1 Å². The normalized spacial score (nSPS) is 14.8. The van der Waals surface area contributed by atoms with Gasteiger partial charge in [0.05, 0.1) is 11.8 Å². The van der Waals surface area contributed by atoms with Gasteiger partial charge in [-0.2, -0.15) is 0 Å². The van der Waals surface area contributed by atoms with Gasteiger partial charge < -0.3 is 19.7 Å². The van der Waals surface area contributed by atoms with Gasteiger partial charge in [0.1, 0.15) is 10.7 Å². The molecule has 194 valence electrons. The fourth-order valence-corrected chi connectivity index (χ4v) is 4.52. The highest BCUT2D eigenvalue weighted by Crippen LogP contribution is 2.30. The van der Waals surface area contributed by atoms with E-state index in [1.807, 2.05) is 22.6 Å². The topological polar surface area (TPSA) is 110 Å². The summed E-state index contributed by atoms with van der Waals surface area (Å²) in [5.74, 6) is -3.86. The molecule has 0 aromatic rings. The van der Waals surface area contributed by atoms with Crippen LogP contribution in [0.25, 0.3) is 0 Å². The molecule has 0 rings (SSSR count). The third kappa shape index (κ3) is 15.5. The number of carboxylic acid groups (broad SMARTS) is 2. The summed E-state index contributed by atoms with van der Waals surface area (Å²) in [6, 6.07) is 0. The molecule has 0 aromatic carbocycles. The quantitative estimate of drug-likeness (QED) is 0.0625. The summed E-state index contributed by atoms with van der Waals surface area (Å²) in [5.41, 5.74) is 0. The predicted octanol–water partition coefficient (Wildman–Crippen LogP) is 7.44. The molecule has 0 radical (unpaired) electrons. The Morgan fingerprint density at radius 1 is 0.758 bits per heavy atom. The summed E-state index contributed by atoms with van der Waals surface area (Å²) in [6.45, 7) is 6.08. The van der Waals surface area contributed by atoms with E-state index in [-0.39, 0.29) is 17.0 Å². The summed E-state index contributed by atoms with van der Waals surface area (Å²) < 4.78 is 10.4. The molecule has 0 bridgehead atoms. The number of alkyl halides is 1. The van der Waals surface area contributed by atoms with Crippen LogP contribution in [0.3, 0.4) is 0 Å². The smallest absolute Gasteiger partial charge is 0.481 e. The number of aliphatic carboxylic acids is 2. The number of rotatable bonds is 21. The summed E-state index contributed by atoms with van der Waals surface area (Å²) in [4.78, 5) is 36.0. The van der Waals surface area contributed by atoms with E-state index in [4.69, 9.17) is 9.47 Å². The van der Waals surface area contributed by atoms with Crippen LogP contribution in [-0.2, 0) is 19.1 Å². The van der Waals surface area contributed by atoms with Crippen LogP contribution >= 0.6 is 22.6 Å². The molecule has 2 N–H and O–H groups in total. The van der Waals surface area contributed by atoms with Crippen LogP contribution in [0.15, 0.2) is 0 Å². The molecule has 0 aliphatic rings. The Bertz CT molecular complexity index is 541. The Labute approximate surface area is 213 Å². The van der Waals surface area contributed by atoms with Crippen LogP contribution in [0.1, 0.15) is 111 Å². The molecule has 0 aliphatic carbocycles. The average Bonchev–Trinajstić information content (AvgIpc) is 2.75. The van der Waals surface area contributed by atoms with Gasteiger partial charge in [-0.25, -0.2) is 4.79 Å². The highest BCUT2D eigenvalue weighted by Gasteiger charge is 2.36. The van der Waals surface area contributed by atoms with E-state index in [0.717, 1.165) is 57.8 Å². The molecule has 8 heteroatoms. The Balaban J connectivity index is 5.12. The molecule has 0 heterocycles. The zero-order valence-corrected chi connectivity index (χ0v) is 22.9. The molecule has 4 atom stereocenters. The first kappa shape index (κ1) is 31.9. The first-order valence-corrected chi connectivity index (χ1v) is 14.2. The van der Waals surface area contributed by atoms with E-state index >= 15 is 0 Å². The number of unbranched alkanes of at least 4 members (excludes halogenated alkanes) is 9. The largest absolute Gasteiger partial charge is 0.509 e. The van der Waals surface area contributed by atoms with Crippen molar-refractivity contribution in [2.75, 3.05) is 4.61 Å². The lowest BCUT2D eigenvalue weighted by molar-refractivity contribution is -0.150. The molecule has 3 unspecified atom stereocenters. The van der Waals surface area contributed by atoms with E-state index < -0.39 is 36.0 Å². The zero-order chi connectivity index (χ0) is 25.1. The van der Waals surface area contributed by atoms with Gasteiger partial charge in [-0.15, -0.1) is 0 Å². The number of ether oxygens (including phenoxy) is 2. The second-order valence-corrected chi connectivity index (χ2v) is 9.64. The van der Waals surface area contributed by atoms with Crippen LogP contribution in [0.5, 0.6) is 0 Å². The van der Waals surface area contributed by atoms with Crippen molar-refractivity contribution in [2.24, 2.45) is 17.8 Å². The molecular weight excluding hydrogens is 539 g/mol. The van der Waals surface area contributed by atoms with E-state index in [2.05, 4.69) is 13.8 Å². The maximum absolute atomic E-state index is 12.1. The lowest BCUT2D eigenvalue weighted by Crippen LogP contribution is -2.36. The molecule has 0 fully saturated rings. The van der Waals surface area contributed by atoms with Crippen LogP contribution in [-0.4, -0.2) is 39.0 Å². The monoisotopic (exact) mass is 584 g/mol. The molecule has 33 heavy (non-hydrogen) atoms. The third-order valence-corrected chi connectivity index (χ3v) is 6.59. The van der Waals surface area contributed by atoms with Crippen LogP contribution < -0.4 is 0 Å². The van der Waals surface area contributed by atoms with Crippen LogP contribution in [0.2, 0.25) is 0 Å². The Hall–Kier alpha value is -1.06.